The van der Waals surface area contributed by atoms with Crippen molar-refractivity contribution < 1.29 is 8.42 Å². The Morgan fingerprint density at radius 1 is 0.800 bits per heavy atom. The number of benzene rings is 2. The summed E-state index contributed by atoms with van der Waals surface area (Å²) >= 11 is 0. The Hall–Kier alpha value is -2.77. The van der Waals surface area contributed by atoms with E-state index in [1.807, 2.05) is 63.2 Å². The molecule has 2 aromatic carbocycles. The van der Waals surface area contributed by atoms with Gasteiger partial charge in [0.1, 0.15) is 12.1 Å². The average molecular weight is 423 g/mol. The molecule has 4 rings (SSSR count). The van der Waals surface area contributed by atoms with Gasteiger partial charge < -0.3 is 4.90 Å². The summed E-state index contributed by atoms with van der Waals surface area (Å²) in [6.07, 6.45) is 1.57. The second-order valence-electron chi connectivity index (χ2n) is 7.72. The maximum absolute atomic E-state index is 13.2. The van der Waals surface area contributed by atoms with E-state index in [2.05, 4.69) is 14.9 Å². The molecule has 0 N–H and O–H groups in total. The minimum atomic E-state index is -3.51. The van der Waals surface area contributed by atoms with Gasteiger partial charge in [-0.1, -0.05) is 36.4 Å². The van der Waals surface area contributed by atoms with Crippen LogP contribution in [0, 0.1) is 20.8 Å². The SMILES string of the molecule is Cc1cc(C)c(S(=O)(=O)N2CCN(c3cc(-c4ccccc4)ncn3)CC2)cc1C. The molecule has 0 bridgehead atoms. The summed E-state index contributed by atoms with van der Waals surface area (Å²) in [6, 6.07) is 15.7. The Bertz CT molecular complexity index is 1160. The van der Waals surface area contributed by atoms with Gasteiger partial charge in [0.2, 0.25) is 10.0 Å². The van der Waals surface area contributed by atoms with Gasteiger partial charge in [-0.3, -0.25) is 0 Å². The van der Waals surface area contributed by atoms with Crippen molar-refractivity contribution in [2.24, 2.45) is 0 Å². The molecule has 3 aromatic rings. The average Bonchev–Trinajstić information content (AvgIpc) is 2.77. The van der Waals surface area contributed by atoms with Crippen LogP contribution in [0.4, 0.5) is 5.82 Å². The second kappa shape index (κ2) is 8.16. The summed E-state index contributed by atoms with van der Waals surface area (Å²) in [6.45, 7) is 7.86. The normalized spacial score (nSPS) is 15.4. The molecule has 156 valence electrons. The predicted octanol–water partition coefficient (Wildman–Crippen LogP) is 3.58. The largest absolute Gasteiger partial charge is 0.354 e. The predicted molar refractivity (Wildman–Crippen MR) is 119 cm³/mol. The van der Waals surface area contributed by atoms with Crippen molar-refractivity contribution >= 4 is 15.8 Å². The van der Waals surface area contributed by atoms with Gasteiger partial charge in [0, 0.05) is 37.8 Å². The van der Waals surface area contributed by atoms with Crippen molar-refractivity contribution in [1.82, 2.24) is 14.3 Å². The maximum atomic E-state index is 13.2. The minimum absolute atomic E-state index is 0.410. The number of hydrogen-bond donors (Lipinski definition) is 0. The van der Waals surface area contributed by atoms with Crippen molar-refractivity contribution in [2.75, 3.05) is 31.1 Å². The van der Waals surface area contributed by atoms with Gasteiger partial charge in [-0.2, -0.15) is 4.31 Å². The molecule has 6 nitrogen and oxygen atoms in total. The lowest BCUT2D eigenvalue weighted by atomic mass is 10.1. The summed E-state index contributed by atoms with van der Waals surface area (Å²) in [7, 11) is -3.51. The quantitative estimate of drug-likeness (QED) is 0.643. The zero-order valence-corrected chi connectivity index (χ0v) is 18.4. The third-order valence-corrected chi connectivity index (χ3v) is 7.73. The van der Waals surface area contributed by atoms with Crippen molar-refractivity contribution in [3.8, 4) is 11.3 Å². The van der Waals surface area contributed by atoms with Crippen molar-refractivity contribution in [3.05, 3.63) is 71.5 Å². The first-order valence-electron chi connectivity index (χ1n) is 10.1. The van der Waals surface area contributed by atoms with E-state index in [0.29, 0.717) is 31.1 Å². The summed E-state index contributed by atoms with van der Waals surface area (Å²) in [5.74, 6) is 0.822. The molecule has 0 aliphatic carbocycles. The molecule has 0 unspecified atom stereocenters. The molecule has 0 atom stereocenters. The first kappa shape index (κ1) is 20.5. The molecule has 1 aliphatic rings. The number of sulfonamides is 1. The molecule has 0 radical (unpaired) electrons. The van der Waals surface area contributed by atoms with Gasteiger partial charge in [-0.25, -0.2) is 18.4 Å². The Kier molecular flexibility index (Phi) is 5.58. The van der Waals surface area contributed by atoms with Gasteiger partial charge in [-0.15, -0.1) is 0 Å². The van der Waals surface area contributed by atoms with E-state index >= 15 is 0 Å². The topological polar surface area (TPSA) is 66.4 Å². The number of hydrogen-bond acceptors (Lipinski definition) is 5. The van der Waals surface area contributed by atoms with E-state index in [1.54, 1.807) is 16.7 Å². The number of aromatic nitrogens is 2. The highest BCUT2D eigenvalue weighted by atomic mass is 32.2. The van der Waals surface area contributed by atoms with Gasteiger partial charge in [-0.05, 0) is 43.5 Å². The van der Waals surface area contributed by atoms with Crippen LogP contribution in [-0.2, 0) is 10.0 Å². The van der Waals surface area contributed by atoms with Crippen LogP contribution in [0.25, 0.3) is 11.3 Å². The highest BCUT2D eigenvalue weighted by Gasteiger charge is 2.30. The molecule has 1 fully saturated rings. The van der Waals surface area contributed by atoms with Crippen LogP contribution in [0.3, 0.4) is 0 Å². The molecule has 30 heavy (non-hydrogen) atoms. The zero-order chi connectivity index (χ0) is 21.3. The van der Waals surface area contributed by atoms with Gasteiger partial charge in [0.15, 0.2) is 0 Å². The highest BCUT2D eigenvalue weighted by Crippen LogP contribution is 2.26. The lowest BCUT2D eigenvalue weighted by molar-refractivity contribution is 0.383. The van der Waals surface area contributed by atoms with Gasteiger partial charge >= 0.3 is 0 Å². The third-order valence-electron chi connectivity index (χ3n) is 5.69. The van der Waals surface area contributed by atoms with Crippen LogP contribution < -0.4 is 4.90 Å². The number of rotatable bonds is 4. The monoisotopic (exact) mass is 422 g/mol. The molecule has 1 saturated heterocycles. The summed E-state index contributed by atoms with van der Waals surface area (Å²) in [5.41, 5.74) is 4.79. The minimum Gasteiger partial charge on any atom is -0.354 e. The lowest BCUT2D eigenvalue weighted by Gasteiger charge is -2.35. The Morgan fingerprint density at radius 3 is 2.17 bits per heavy atom. The van der Waals surface area contributed by atoms with Crippen LogP contribution in [0.15, 0.2) is 59.8 Å². The fourth-order valence-electron chi connectivity index (χ4n) is 3.80. The number of nitrogens with zero attached hydrogens (tertiary/aromatic N) is 4. The van der Waals surface area contributed by atoms with E-state index in [1.165, 1.54) is 0 Å². The molecule has 7 heteroatoms. The van der Waals surface area contributed by atoms with Crippen LogP contribution in [-0.4, -0.2) is 48.9 Å². The van der Waals surface area contributed by atoms with Crippen LogP contribution in [0.5, 0.6) is 0 Å². The van der Waals surface area contributed by atoms with Crippen molar-refractivity contribution in [1.29, 1.82) is 0 Å². The van der Waals surface area contributed by atoms with Gasteiger partial charge in [0.05, 0.1) is 10.6 Å². The van der Waals surface area contributed by atoms with E-state index in [0.717, 1.165) is 33.8 Å². The number of piperazine rings is 1. The molecular weight excluding hydrogens is 396 g/mol. The van der Waals surface area contributed by atoms with Crippen LogP contribution >= 0.6 is 0 Å². The highest BCUT2D eigenvalue weighted by molar-refractivity contribution is 7.89. The molecule has 0 amide bonds. The van der Waals surface area contributed by atoms with E-state index in [-0.39, 0.29) is 0 Å². The number of anilines is 1. The van der Waals surface area contributed by atoms with E-state index in [9.17, 15) is 8.42 Å². The fraction of sp³-hybridized carbons (Fsp3) is 0.304. The molecular formula is C23H26N4O2S. The van der Waals surface area contributed by atoms with Crippen molar-refractivity contribution in [3.63, 3.8) is 0 Å². The second-order valence-corrected chi connectivity index (χ2v) is 9.63. The van der Waals surface area contributed by atoms with Gasteiger partial charge in [0.25, 0.3) is 0 Å². The smallest absolute Gasteiger partial charge is 0.243 e. The van der Waals surface area contributed by atoms with Crippen molar-refractivity contribution in [2.45, 2.75) is 25.7 Å². The standard InChI is InChI=1S/C23H26N4O2S/c1-17-13-19(3)22(14-18(17)2)30(28,29)27-11-9-26(10-12-27)23-15-21(24-16-25-23)20-7-5-4-6-8-20/h4-8,13-16H,9-12H2,1-3H3. The zero-order valence-electron chi connectivity index (χ0n) is 17.5. The molecule has 1 aromatic heterocycles. The first-order chi connectivity index (χ1) is 14.4. The molecule has 0 saturated carbocycles. The number of aryl methyl sites for hydroxylation is 3. The Balaban J connectivity index is 1.51. The molecule has 2 heterocycles. The molecule has 0 spiro atoms. The summed E-state index contributed by atoms with van der Waals surface area (Å²) in [5, 5.41) is 0. The fourth-order valence-corrected chi connectivity index (χ4v) is 5.51. The lowest BCUT2D eigenvalue weighted by Crippen LogP contribution is -2.49. The summed E-state index contributed by atoms with van der Waals surface area (Å²) < 4.78 is 28.1. The van der Waals surface area contributed by atoms with Crippen LogP contribution in [0.1, 0.15) is 16.7 Å². The maximum Gasteiger partial charge on any atom is 0.243 e. The molecule has 1 aliphatic heterocycles. The third kappa shape index (κ3) is 3.95. The summed E-state index contributed by atoms with van der Waals surface area (Å²) in [4.78, 5) is 11.3. The Labute approximate surface area is 178 Å². The van der Waals surface area contributed by atoms with E-state index < -0.39 is 10.0 Å². The van der Waals surface area contributed by atoms with E-state index in [4.69, 9.17) is 0 Å². The van der Waals surface area contributed by atoms with Crippen LogP contribution in [0.2, 0.25) is 0 Å². The first-order valence-corrected chi connectivity index (χ1v) is 11.5. The Morgan fingerprint density at radius 2 is 1.47 bits per heavy atom.